The smallest absolute Gasteiger partial charge is 0.163 e. The van der Waals surface area contributed by atoms with Crippen molar-refractivity contribution in [2.45, 2.75) is 6.61 Å². The molecular weight excluding hydrogens is 319 g/mol. The Bertz CT molecular complexity index is 371. The van der Waals surface area contributed by atoms with E-state index in [9.17, 15) is 0 Å². The van der Waals surface area contributed by atoms with Crippen LogP contribution in [-0.4, -0.2) is 22.7 Å². The van der Waals surface area contributed by atoms with Crippen molar-refractivity contribution < 1.29 is 14.6 Å². The Morgan fingerprint density at radius 2 is 2.12 bits per heavy atom. The lowest BCUT2D eigenvalue weighted by Crippen LogP contribution is -2.02. The summed E-state index contributed by atoms with van der Waals surface area (Å²) in [4.78, 5) is 0. The Labute approximate surface area is 109 Å². The van der Waals surface area contributed by atoms with Gasteiger partial charge in [0, 0.05) is 4.43 Å². The Morgan fingerprint density at radius 1 is 1.31 bits per heavy atom. The molecule has 1 aromatic carbocycles. The summed E-state index contributed by atoms with van der Waals surface area (Å²) in [5, 5.41) is 9.02. The minimum atomic E-state index is -0.0288. The lowest BCUT2D eigenvalue weighted by atomic mass is 10.2. The van der Waals surface area contributed by atoms with Crippen LogP contribution in [-0.2, 0) is 6.61 Å². The summed E-state index contributed by atoms with van der Waals surface area (Å²) in [7, 11) is 0. The van der Waals surface area contributed by atoms with E-state index >= 15 is 0 Å². The maximum absolute atomic E-state index is 9.02. The van der Waals surface area contributed by atoms with Gasteiger partial charge >= 0.3 is 0 Å². The number of aliphatic hydroxyl groups is 1. The van der Waals surface area contributed by atoms with Gasteiger partial charge in [0.05, 0.1) is 13.2 Å². The monoisotopic (exact) mass is 332 g/mol. The van der Waals surface area contributed by atoms with Crippen molar-refractivity contribution in [3.8, 4) is 23.8 Å². The summed E-state index contributed by atoms with van der Waals surface area (Å²) < 4.78 is 11.7. The molecule has 0 spiro atoms. The highest BCUT2D eigenvalue weighted by molar-refractivity contribution is 14.1. The standard InChI is InChI=1S/C12H13IO3/c1-2-6-15-12-8-10(9-14)3-4-11(12)16-7-5-13/h1,3-4,8,14H,5-7,9H2. The molecule has 0 amide bonds. The van der Waals surface area contributed by atoms with Crippen LogP contribution in [0.4, 0.5) is 0 Å². The van der Waals surface area contributed by atoms with Crippen LogP contribution in [0.25, 0.3) is 0 Å². The second-order valence-electron chi connectivity index (χ2n) is 2.97. The SMILES string of the molecule is C#CCOc1cc(CO)ccc1OCCI. The van der Waals surface area contributed by atoms with Gasteiger partial charge in [-0.05, 0) is 17.7 Å². The summed E-state index contributed by atoms with van der Waals surface area (Å²) in [6, 6.07) is 5.31. The van der Waals surface area contributed by atoms with Gasteiger partial charge < -0.3 is 14.6 Å². The van der Waals surface area contributed by atoms with E-state index in [1.165, 1.54) is 0 Å². The maximum atomic E-state index is 9.02. The van der Waals surface area contributed by atoms with Crippen LogP contribution in [0.5, 0.6) is 11.5 Å². The molecule has 1 aromatic rings. The summed E-state index contributed by atoms with van der Waals surface area (Å²) in [5.74, 6) is 3.63. The minimum absolute atomic E-state index is 0.0288. The fraction of sp³-hybridized carbons (Fsp3) is 0.333. The van der Waals surface area contributed by atoms with Gasteiger partial charge in [0.1, 0.15) is 6.61 Å². The molecule has 0 aliphatic heterocycles. The van der Waals surface area contributed by atoms with Crippen molar-refractivity contribution in [1.82, 2.24) is 0 Å². The molecule has 1 rings (SSSR count). The second kappa shape index (κ2) is 7.36. The molecule has 0 saturated carbocycles. The molecule has 16 heavy (non-hydrogen) atoms. The minimum Gasteiger partial charge on any atom is -0.489 e. The van der Waals surface area contributed by atoms with E-state index < -0.39 is 0 Å². The first-order chi connectivity index (χ1) is 7.81. The number of aliphatic hydroxyl groups excluding tert-OH is 1. The number of hydrogen-bond donors (Lipinski definition) is 1. The van der Waals surface area contributed by atoms with E-state index in [-0.39, 0.29) is 13.2 Å². The predicted octanol–water partition coefficient (Wildman–Crippen LogP) is 2.00. The lowest BCUT2D eigenvalue weighted by molar-refractivity contribution is 0.277. The fourth-order valence-corrected chi connectivity index (χ4v) is 1.37. The molecule has 0 aromatic heterocycles. The lowest BCUT2D eigenvalue weighted by Gasteiger charge is -2.11. The Balaban J connectivity index is 2.83. The van der Waals surface area contributed by atoms with Crippen LogP contribution in [0.2, 0.25) is 0 Å². The molecule has 0 aliphatic rings. The molecule has 86 valence electrons. The van der Waals surface area contributed by atoms with Gasteiger partial charge in [-0.1, -0.05) is 34.6 Å². The highest BCUT2D eigenvalue weighted by Crippen LogP contribution is 2.28. The first-order valence-electron chi connectivity index (χ1n) is 4.80. The first kappa shape index (κ1) is 13.1. The molecule has 0 radical (unpaired) electrons. The van der Waals surface area contributed by atoms with Crippen LogP contribution in [0.1, 0.15) is 5.56 Å². The van der Waals surface area contributed by atoms with Crippen molar-refractivity contribution in [3.05, 3.63) is 23.8 Å². The van der Waals surface area contributed by atoms with Gasteiger partial charge in [0.25, 0.3) is 0 Å². The molecule has 4 heteroatoms. The third kappa shape index (κ3) is 3.91. The topological polar surface area (TPSA) is 38.7 Å². The molecule has 0 fully saturated rings. The maximum Gasteiger partial charge on any atom is 0.163 e. The third-order valence-electron chi connectivity index (χ3n) is 1.84. The normalized spacial score (nSPS) is 9.56. The molecule has 3 nitrogen and oxygen atoms in total. The third-order valence-corrected chi connectivity index (χ3v) is 2.28. The van der Waals surface area contributed by atoms with Crippen LogP contribution in [0, 0.1) is 12.3 Å². The van der Waals surface area contributed by atoms with E-state index in [2.05, 4.69) is 28.5 Å². The van der Waals surface area contributed by atoms with Crippen molar-refractivity contribution in [2.75, 3.05) is 17.6 Å². The number of terminal acetylenes is 1. The molecule has 1 N–H and O–H groups in total. The van der Waals surface area contributed by atoms with Crippen LogP contribution >= 0.6 is 22.6 Å². The summed E-state index contributed by atoms with van der Waals surface area (Å²) in [6.45, 7) is 0.778. The van der Waals surface area contributed by atoms with Gasteiger partial charge in [-0.15, -0.1) is 6.42 Å². The highest BCUT2D eigenvalue weighted by atomic mass is 127. The average Bonchev–Trinajstić information content (AvgIpc) is 2.34. The molecule has 0 atom stereocenters. The number of alkyl halides is 1. The average molecular weight is 332 g/mol. The predicted molar refractivity (Wildman–Crippen MR) is 71.1 cm³/mol. The van der Waals surface area contributed by atoms with E-state index in [4.69, 9.17) is 21.0 Å². The molecular formula is C12H13IO3. The fourth-order valence-electron chi connectivity index (χ4n) is 1.15. The highest BCUT2D eigenvalue weighted by Gasteiger charge is 2.05. The zero-order valence-electron chi connectivity index (χ0n) is 8.78. The summed E-state index contributed by atoms with van der Waals surface area (Å²) >= 11 is 2.23. The zero-order chi connectivity index (χ0) is 11.8. The van der Waals surface area contributed by atoms with Crippen molar-refractivity contribution in [2.24, 2.45) is 0 Å². The second-order valence-corrected chi connectivity index (χ2v) is 4.05. The van der Waals surface area contributed by atoms with E-state index in [1.807, 2.05) is 0 Å². The summed E-state index contributed by atoms with van der Waals surface area (Å²) in [5.41, 5.74) is 0.772. The number of ether oxygens (including phenoxy) is 2. The molecule has 0 bridgehead atoms. The number of rotatable bonds is 6. The first-order valence-corrected chi connectivity index (χ1v) is 6.33. The van der Waals surface area contributed by atoms with E-state index in [1.54, 1.807) is 18.2 Å². The van der Waals surface area contributed by atoms with Crippen molar-refractivity contribution in [3.63, 3.8) is 0 Å². The van der Waals surface area contributed by atoms with Crippen molar-refractivity contribution >= 4 is 22.6 Å². The quantitative estimate of drug-likeness (QED) is 0.492. The largest absolute Gasteiger partial charge is 0.489 e. The Kier molecular flexibility index (Phi) is 6.04. The van der Waals surface area contributed by atoms with Crippen molar-refractivity contribution in [1.29, 1.82) is 0 Å². The van der Waals surface area contributed by atoms with Gasteiger partial charge in [-0.25, -0.2) is 0 Å². The number of halogens is 1. The Hall–Kier alpha value is -0.930. The van der Waals surface area contributed by atoms with Crippen LogP contribution in [0.15, 0.2) is 18.2 Å². The van der Waals surface area contributed by atoms with Gasteiger partial charge in [0.2, 0.25) is 0 Å². The molecule has 0 heterocycles. The summed E-state index contributed by atoms with van der Waals surface area (Å²) in [6.07, 6.45) is 5.13. The zero-order valence-corrected chi connectivity index (χ0v) is 10.9. The number of benzene rings is 1. The van der Waals surface area contributed by atoms with Crippen LogP contribution < -0.4 is 9.47 Å². The van der Waals surface area contributed by atoms with E-state index in [0.29, 0.717) is 18.1 Å². The number of hydrogen-bond acceptors (Lipinski definition) is 3. The van der Waals surface area contributed by atoms with Gasteiger partial charge in [0.15, 0.2) is 11.5 Å². The van der Waals surface area contributed by atoms with E-state index in [0.717, 1.165) is 9.99 Å². The Morgan fingerprint density at radius 3 is 2.75 bits per heavy atom. The molecule has 0 saturated heterocycles. The molecule has 0 aliphatic carbocycles. The van der Waals surface area contributed by atoms with Gasteiger partial charge in [-0.2, -0.15) is 0 Å². The van der Waals surface area contributed by atoms with Crippen LogP contribution in [0.3, 0.4) is 0 Å². The molecule has 0 unspecified atom stereocenters. The van der Waals surface area contributed by atoms with Gasteiger partial charge in [-0.3, -0.25) is 0 Å².